The number of nitrogen functional groups attached to an aromatic ring is 1. The van der Waals surface area contributed by atoms with Gasteiger partial charge in [-0.3, -0.25) is 0 Å². The Morgan fingerprint density at radius 2 is 1.53 bits per heavy atom. The molecule has 0 aliphatic carbocycles. The molecule has 1 aliphatic rings. The van der Waals surface area contributed by atoms with Crippen LogP contribution in [-0.4, -0.2) is 25.8 Å². The van der Waals surface area contributed by atoms with E-state index in [-0.39, 0.29) is 0 Å². The van der Waals surface area contributed by atoms with Crippen molar-refractivity contribution in [3.63, 3.8) is 0 Å². The monoisotopic (exact) mass is 239 g/mol. The van der Waals surface area contributed by atoms with Crippen LogP contribution in [0.3, 0.4) is 0 Å². The molecule has 0 saturated carbocycles. The minimum atomic E-state index is -1.04. The van der Waals surface area contributed by atoms with Crippen molar-refractivity contribution in [1.29, 1.82) is 0 Å². The number of hydrogen-bond acceptors (Lipinski definition) is 5. The third kappa shape index (κ3) is 1.71. The molecule has 0 bridgehead atoms. The topological polar surface area (TPSA) is 62.9 Å². The Morgan fingerprint density at radius 3 is 2.06 bits per heavy atom. The van der Waals surface area contributed by atoms with Crippen molar-refractivity contribution in [2.24, 2.45) is 0 Å². The van der Waals surface area contributed by atoms with Gasteiger partial charge in [0.1, 0.15) is 0 Å². The van der Waals surface area contributed by atoms with Crippen molar-refractivity contribution in [3.05, 3.63) is 18.2 Å². The van der Waals surface area contributed by atoms with Crippen LogP contribution in [0.4, 0.5) is 5.69 Å². The standard InChI is InChI=1S/C12H17NO4/c1-11(14-3)12(2,15-4)17-10-7-8(13)5-6-9(10)16-11/h5-7H,13H2,1-4H3/t11-,12-/m1/s1. The fourth-order valence-electron chi connectivity index (χ4n) is 1.75. The Labute approximate surface area is 100 Å². The number of fused-ring (bicyclic) bond motifs is 1. The fourth-order valence-corrected chi connectivity index (χ4v) is 1.75. The van der Waals surface area contributed by atoms with E-state index < -0.39 is 11.6 Å². The Kier molecular flexibility index (Phi) is 2.67. The zero-order chi connectivity index (χ0) is 12.7. The Hall–Kier alpha value is -1.46. The summed E-state index contributed by atoms with van der Waals surface area (Å²) >= 11 is 0. The predicted octanol–water partition coefficient (Wildman–Crippen LogP) is 1.77. The maximum absolute atomic E-state index is 5.80. The molecule has 2 atom stereocenters. The molecule has 0 radical (unpaired) electrons. The van der Waals surface area contributed by atoms with Gasteiger partial charge in [-0.15, -0.1) is 0 Å². The van der Waals surface area contributed by atoms with E-state index in [0.29, 0.717) is 17.2 Å². The van der Waals surface area contributed by atoms with E-state index in [1.165, 1.54) is 7.11 Å². The van der Waals surface area contributed by atoms with Gasteiger partial charge in [-0.05, 0) is 12.1 Å². The summed E-state index contributed by atoms with van der Waals surface area (Å²) in [7, 11) is 3.08. The lowest BCUT2D eigenvalue weighted by molar-refractivity contribution is -0.345. The smallest absolute Gasteiger partial charge is 0.273 e. The average Bonchev–Trinajstić information content (AvgIpc) is 2.31. The van der Waals surface area contributed by atoms with E-state index in [0.717, 1.165) is 0 Å². The molecule has 1 heterocycles. The van der Waals surface area contributed by atoms with E-state index in [9.17, 15) is 0 Å². The number of ether oxygens (including phenoxy) is 4. The molecule has 94 valence electrons. The first-order valence-corrected chi connectivity index (χ1v) is 5.32. The highest BCUT2D eigenvalue weighted by molar-refractivity contribution is 5.53. The Bertz CT molecular complexity index is 437. The van der Waals surface area contributed by atoms with Crippen LogP contribution in [0.25, 0.3) is 0 Å². The second kappa shape index (κ2) is 3.78. The van der Waals surface area contributed by atoms with Gasteiger partial charge in [-0.2, -0.15) is 0 Å². The van der Waals surface area contributed by atoms with Gasteiger partial charge in [0.2, 0.25) is 0 Å². The van der Waals surface area contributed by atoms with Crippen molar-refractivity contribution < 1.29 is 18.9 Å². The van der Waals surface area contributed by atoms with E-state index in [2.05, 4.69) is 0 Å². The van der Waals surface area contributed by atoms with Crippen molar-refractivity contribution in [2.75, 3.05) is 20.0 Å². The molecule has 2 rings (SSSR count). The quantitative estimate of drug-likeness (QED) is 0.797. The molecule has 5 nitrogen and oxygen atoms in total. The number of rotatable bonds is 2. The first-order chi connectivity index (χ1) is 7.94. The SMILES string of the molecule is CO[C@]1(C)Oc2ccc(N)cc2O[C@@]1(C)OC. The van der Waals surface area contributed by atoms with Gasteiger partial charge in [0.15, 0.2) is 11.5 Å². The van der Waals surface area contributed by atoms with E-state index >= 15 is 0 Å². The summed E-state index contributed by atoms with van der Waals surface area (Å²) in [6.07, 6.45) is 0. The van der Waals surface area contributed by atoms with Crippen molar-refractivity contribution in [3.8, 4) is 11.5 Å². The lowest BCUT2D eigenvalue weighted by Gasteiger charge is -2.46. The van der Waals surface area contributed by atoms with Crippen LogP contribution < -0.4 is 15.2 Å². The molecule has 0 amide bonds. The zero-order valence-electron chi connectivity index (χ0n) is 10.4. The summed E-state index contributed by atoms with van der Waals surface area (Å²) in [5.41, 5.74) is 6.31. The first-order valence-electron chi connectivity index (χ1n) is 5.32. The highest BCUT2D eigenvalue weighted by atomic mass is 16.8. The maximum atomic E-state index is 5.80. The molecule has 0 spiro atoms. The molecular formula is C12H17NO4. The van der Waals surface area contributed by atoms with E-state index in [4.69, 9.17) is 24.7 Å². The lowest BCUT2D eigenvalue weighted by atomic mass is 10.1. The van der Waals surface area contributed by atoms with Crippen LogP contribution in [-0.2, 0) is 9.47 Å². The number of benzene rings is 1. The molecule has 2 N–H and O–H groups in total. The number of anilines is 1. The Morgan fingerprint density at radius 1 is 1.00 bits per heavy atom. The summed E-state index contributed by atoms with van der Waals surface area (Å²) in [5.74, 6) is -0.935. The molecule has 1 aromatic carbocycles. The zero-order valence-corrected chi connectivity index (χ0v) is 10.4. The third-order valence-corrected chi connectivity index (χ3v) is 3.18. The van der Waals surface area contributed by atoms with Gasteiger partial charge in [0.25, 0.3) is 11.6 Å². The molecule has 0 unspecified atom stereocenters. The van der Waals surface area contributed by atoms with Gasteiger partial charge in [0, 0.05) is 39.8 Å². The molecule has 5 heteroatoms. The maximum Gasteiger partial charge on any atom is 0.273 e. The largest absolute Gasteiger partial charge is 0.452 e. The molecule has 0 saturated heterocycles. The van der Waals surface area contributed by atoms with Gasteiger partial charge in [0.05, 0.1) is 0 Å². The summed E-state index contributed by atoms with van der Waals surface area (Å²) < 4.78 is 22.3. The Balaban J connectivity index is 2.47. The van der Waals surface area contributed by atoms with Crippen LogP contribution >= 0.6 is 0 Å². The lowest BCUT2D eigenvalue weighted by Crippen LogP contribution is -2.62. The summed E-state index contributed by atoms with van der Waals surface area (Å²) in [6, 6.07) is 5.19. The molecule has 0 fully saturated rings. The van der Waals surface area contributed by atoms with E-state index in [1.54, 1.807) is 39.2 Å². The van der Waals surface area contributed by atoms with Gasteiger partial charge >= 0.3 is 0 Å². The van der Waals surface area contributed by atoms with Crippen LogP contribution in [0.2, 0.25) is 0 Å². The minimum Gasteiger partial charge on any atom is -0.452 e. The molecule has 1 aromatic rings. The van der Waals surface area contributed by atoms with Crippen molar-refractivity contribution in [1.82, 2.24) is 0 Å². The molecule has 0 aromatic heterocycles. The van der Waals surface area contributed by atoms with Crippen LogP contribution in [0.15, 0.2) is 18.2 Å². The molecular weight excluding hydrogens is 222 g/mol. The number of nitrogens with two attached hydrogens (primary N) is 1. The van der Waals surface area contributed by atoms with Gasteiger partial charge in [-0.1, -0.05) is 0 Å². The predicted molar refractivity (Wildman–Crippen MR) is 62.9 cm³/mol. The summed E-state index contributed by atoms with van der Waals surface area (Å²) in [5, 5.41) is 0. The van der Waals surface area contributed by atoms with Crippen LogP contribution in [0.1, 0.15) is 13.8 Å². The van der Waals surface area contributed by atoms with Gasteiger partial charge in [-0.25, -0.2) is 0 Å². The molecule has 1 aliphatic heterocycles. The van der Waals surface area contributed by atoms with Crippen molar-refractivity contribution in [2.45, 2.75) is 25.4 Å². The summed E-state index contributed by atoms with van der Waals surface area (Å²) in [4.78, 5) is 0. The third-order valence-electron chi connectivity index (χ3n) is 3.18. The highest BCUT2D eigenvalue weighted by Gasteiger charge is 2.54. The fraction of sp³-hybridized carbons (Fsp3) is 0.500. The number of methoxy groups -OCH3 is 2. The second-order valence-electron chi connectivity index (χ2n) is 4.21. The minimum absolute atomic E-state index is 0.545. The first kappa shape index (κ1) is 12.0. The molecule has 17 heavy (non-hydrogen) atoms. The van der Waals surface area contributed by atoms with E-state index in [1.807, 2.05) is 0 Å². The van der Waals surface area contributed by atoms with Crippen LogP contribution in [0, 0.1) is 0 Å². The average molecular weight is 239 g/mol. The summed E-state index contributed by atoms with van der Waals surface area (Å²) in [6.45, 7) is 3.51. The second-order valence-corrected chi connectivity index (χ2v) is 4.21. The van der Waals surface area contributed by atoms with Crippen LogP contribution in [0.5, 0.6) is 11.5 Å². The van der Waals surface area contributed by atoms with Gasteiger partial charge < -0.3 is 24.7 Å². The highest BCUT2D eigenvalue weighted by Crippen LogP contribution is 2.44. The van der Waals surface area contributed by atoms with Crippen molar-refractivity contribution >= 4 is 5.69 Å². The normalized spacial score (nSPS) is 31.3. The number of hydrogen-bond donors (Lipinski definition) is 1.